The van der Waals surface area contributed by atoms with Gasteiger partial charge in [0.15, 0.2) is 0 Å². The van der Waals surface area contributed by atoms with Gasteiger partial charge in [0, 0.05) is 23.1 Å². The zero-order chi connectivity index (χ0) is 23.7. The van der Waals surface area contributed by atoms with Crippen molar-refractivity contribution in [3.8, 4) is 0 Å². The van der Waals surface area contributed by atoms with Crippen LogP contribution in [0.25, 0.3) is 0 Å². The Kier molecular flexibility index (Phi) is 7.25. The van der Waals surface area contributed by atoms with Gasteiger partial charge in [-0.15, -0.1) is 5.10 Å². The van der Waals surface area contributed by atoms with Crippen LogP contribution < -0.4 is 9.88 Å². The van der Waals surface area contributed by atoms with Crippen LogP contribution in [0.5, 0.6) is 0 Å². The Morgan fingerprint density at radius 3 is 2.48 bits per heavy atom. The molecule has 1 heterocycles. The van der Waals surface area contributed by atoms with Gasteiger partial charge in [0.1, 0.15) is 0 Å². The number of rotatable bonds is 10. The summed E-state index contributed by atoms with van der Waals surface area (Å²) in [6.07, 6.45) is 7.78. The number of aromatic nitrogens is 3. The summed E-state index contributed by atoms with van der Waals surface area (Å²) in [5, 5.41) is 11.5. The van der Waals surface area contributed by atoms with Crippen LogP contribution in [0.1, 0.15) is 113 Å². The molecule has 33 heavy (non-hydrogen) atoms. The zero-order valence-electron chi connectivity index (χ0n) is 21.4. The Labute approximate surface area is 199 Å². The molecule has 5 nitrogen and oxygen atoms in total. The summed E-state index contributed by atoms with van der Waals surface area (Å²) < 4.78 is 2.51. The molecule has 1 amide bonds. The maximum atomic E-state index is 13.1. The van der Waals surface area contributed by atoms with Gasteiger partial charge in [0.25, 0.3) is 5.82 Å². The highest BCUT2D eigenvalue weighted by atomic mass is 16.1. The molecule has 2 aliphatic rings. The second-order valence-corrected chi connectivity index (χ2v) is 11.6. The lowest BCUT2D eigenvalue weighted by Gasteiger charge is -2.34. The van der Waals surface area contributed by atoms with Crippen molar-refractivity contribution in [1.82, 2.24) is 10.2 Å². The lowest BCUT2D eigenvalue weighted by atomic mass is 9.71. The second kappa shape index (κ2) is 9.99. The average Bonchev–Trinajstić information content (AvgIpc) is 3.44. The molecule has 1 aromatic heterocycles. The van der Waals surface area contributed by atoms with Gasteiger partial charge >= 0.3 is 0 Å². The van der Waals surface area contributed by atoms with Crippen molar-refractivity contribution in [2.45, 2.75) is 104 Å². The molecule has 0 unspecified atom stereocenters. The van der Waals surface area contributed by atoms with E-state index in [0.717, 1.165) is 35.3 Å². The summed E-state index contributed by atoms with van der Waals surface area (Å²) in [5.74, 6) is 5.36. The molecule has 4 rings (SSSR count). The van der Waals surface area contributed by atoms with Gasteiger partial charge in [0.2, 0.25) is 11.7 Å². The van der Waals surface area contributed by atoms with Crippen LogP contribution in [0.4, 0.5) is 5.69 Å². The second-order valence-electron chi connectivity index (χ2n) is 11.6. The summed E-state index contributed by atoms with van der Waals surface area (Å²) in [5.41, 5.74) is 3.24. The normalized spacial score (nSPS) is 21.3. The van der Waals surface area contributed by atoms with E-state index in [4.69, 9.17) is 5.10 Å². The Balaban J connectivity index is 1.51. The molecule has 1 aromatic carbocycles. The van der Waals surface area contributed by atoms with E-state index in [1.54, 1.807) is 0 Å². The predicted molar refractivity (Wildman–Crippen MR) is 133 cm³/mol. The quantitative estimate of drug-likeness (QED) is 0.414. The molecule has 5 heteroatoms. The number of nitrogens with one attached hydrogen (secondary N) is 2. The Morgan fingerprint density at radius 1 is 1.15 bits per heavy atom. The van der Waals surface area contributed by atoms with Gasteiger partial charge < -0.3 is 5.32 Å². The average molecular weight is 452 g/mol. The van der Waals surface area contributed by atoms with E-state index in [-0.39, 0.29) is 11.8 Å². The number of carbonyl (C=O) groups excluding carboxylic acids is 1. The monoisotopic (exact) mass is 451 g/mol. The highest BCUT2D eigenvalue weighted by Gasteiger charge is 2.44. The van der Waals surface area contributed by atoms with E-state index in [9.17, 15) is 4.79 Å². The lowest BCUT2D eigenvalue weighted by Crippen LogP contribution is -2.44. The Bertz CT molecular complexity index is 966. The maximum Gasteiger partial charge on any atom is 0.281 e. The number of H-pyrrole nitrogens is 1. The highest BCUT2D eigenvalue weighted by molar-refractivity contribution is 5.91. The number of nitrogens with zero attached hydrogens (tertiary/aromatic N) is 2. The number of amides is 1. The van der Waals surface area contributed by atoms with Crippen molar-refractivity contribution >= 4 is 11.6 Å². The van der Waals surface area contributed by atoms with Crippen molar-refractivity contribution in [2.24, 2.45) is 17.8 Å². The van der Waals surface area contributed by atoms with Crippen LogP contribution in [0.15, 0.2) is 18.2 Å². The van der Waals surface area contributed by atoms with Crippen LogP contribution in [0.3, 0.4) is 0 Å². The minimum Gasteiger partial charge on any atom is -0.326 e. The Hall–Kier alpha value is -2.17. The van der Waals surface area contributed by atoms with Crippen molar-refractivity contribution in [3.05, 3.63) is 41.0 Å². The van der Waals surface area contributed by atoms with Crippen molar-refractivity contribution in [1.29, 1.82) is 0 Å². The first-order chi connectivity index (χ1) is 15.7. The molecule has 0 radical (unpaired) electrons. The van der Waals surface area contributed by atoms with Crippen LogP contribution in [-0.2, 0) is 4.79 Å². The number of anilines is 1. The first-order valence-electron chi connectivity index (χ1n) is 13.1. The molecule has 2 N–H and O–H groups in total. The highest BCUT2D eigenvalue weighted by Crippen LogP contribution is 2.44. The van der Waals surface area contributed by atoms with Gasteiger partial charge in [-0.25, -0.2) is 4.57 Å². The molecule has 0 bridgehead atoms. The minimum absolute atomic E-state index is 0.0835. The van der Waals surface area contributed by atoms with E-state index >= 15 is 0 Å². The number of carbonyl (C=O) groups is 1. The third-order valence-electron chi connectivity index (χ3n) is 7.34. The van der Waals surface area contributed by atoms with Crippen molar-refractivity contribution in [3.63, 3.8) is 0 Å². The molecular formula is C28H43N4O+. The molecule has 0 spiro atoms. The summed E-state index contributed by atoms with van der Waals surface area (Å²) in [6.45, 7) is 13.3. The largest absolute Gasteiger partial charge is 0.326 e. The zero-order valence-corrected chi connectivity index (χ0v) is 21.4. The molecule has 2 fully saturated rings. The van der Waals surface area contributed by atoms with E-state index in [0.29, 0.717) is 24.3 Å². The molecule has 2 aliphatic carbocycles. The fraction of sp³-hybridized carbons (Fsp3) is 0.679. The number of hydrogen-bond acceptors (Lipinski definition) is 2. The lowest BCUT2D eigenvalue weighted by molar-refractivity contribution is -0.718. The van der Waals surface area contributed by atoms with Gasteiger partial charge in [0.05, 0.1) is 12.0 Å². The van der Waals surface area contributed by atoms with Crippen LogP contribution >= 0.6 is 0 Å². The molecule has 1 atom stereocenters. The smallest absolute Gasteiger partial charge is 0.281 e. The first kappa shape index (κ1) is 24.0. The fourth-order valence-electron chi connectivity index (χ4n) is 5.68. The molecule has 0 saturated heterocycles. The number of hydrogen-bond donors (Lipinski definition) is 2. The summed E-state index contributed by atoms with van der Waals surface area (Å²) >= 11 is 0. The number of benzene rings is 1. The molecule has 2 saturated carbocycles. The summed E-state index contributed by atoms with van der Waals surface area (Å²) in [4.78, 5) is 13.1. The van der Waals surface area contributed by atoms with Crippen molar-refractivity contribution < 1.29 is 9.36 Å². The summed E-state index contributed by atoms with van der Waals surface area (Å²) in [6, 6.07) is 6.75. The predicted octanol–water partition coefficient (Wildman–Crippen LogP) is 6.35. The molecular weight excluding hydrogens is 408 g/mol. The van der Waals surface area contributed by atoms with Crippen molar-refractivity contribution in [2.75, 3.05) is 5.32 Å². The topological polar surface area (TPSA) is 61.7 Å². The fourth-order valence-corrected chi connectivity index (χ4v) is 5.68. The Morgan fingerprint density at radius 2 is 1.88 bits per heavy atom. The summed E-state index contributed by atoms with van der Waals surface area (Å²) in [7, 11) is 0. The third kappa shape index (κ3) is 5.85. The number of aryl methyl sites for hydroxylation is 2. The molecule has 180 valence electrons. The molecule has 2 aromatic rings. The number of aromatic amines is 1. The van der Waals surface area contributed by atoms with E-state index in [2.05, 4.69) is 68.7 Å². The van der Waals surface area contributed by atoms with Gasteiger partial charge in [-0.05, 0) is 81.8 Å². The molecule has 0 aliphatic heterocycles. The van der Waals surface area contributed by atoms with E-state index in [1.165, 1.54) is 43.5 Å². The van der Waals surface area contributed by atoms with Crippen LogP contribution in [0, 0.1) is 31.6 Å². The van der Waals surface area contributed by atoms with Gasteiger partial charge in [-0.2, -0.15) is 0 Å². The minimum atomic E-state index is 0.0835. The standard InChI is InChI=1S/C28H42N4O/c1-17(2)11-21-14-23(15-21)28-31-30-27(32(28)24-8-9-24)22(12-18(3)4)16-26(33)29-25-10-7-19(5)13-20(25)6/h7,10,13,17-18,21-24H,8-9,11-12,14-16H2,1-6H3,(H,29,33)/p+1/t21?,22-,23?/m0/s1. The third-order valence-corrected chi connectivity index (χ3v) is 7.34. The van der Waals surface area contributed by atoms with Crippen LogP contribution in [-0.4, -0.2) is 16.1 Å². The van der Waals surface area contributed by atoms with Crippen LogP contribution in [0.2, 0.25) is 0 Å². The first-order valence-corrected chi connectivity index (χ1v) is 13.1. The van der Waals surface area contributed by atoms with Gasteiger partial charge in [-0.1, -0.05) is 45.4 Å². The van der Waals surface area contributed by atoms with E-state index < -0.39 is 0 Å². The van der Waals surface area contributed by atoms with Gasteiger partial charge in [-0.3, -0.25) is 4.79 Å². The van der Waals surface area contributed by atoms with E-state index in [1.807, 2.05) is 6.07 Å². The maximum absolute atomic E-state index is 13.1. The SMILES string of the molecule is Cc1ccc(NC(=O)C[C@H](CC(C)C)c2n[nH]c(C3CC(CC(C)C)C3)[n+]2C2CC2)c(C)c1.